The minimum atomic E-state index is -0.210. The highest BCUT2D eigenvalue weighted by Crippen LogP contribution is 2.27. The molecule has 1 unspecified atom stereocenters. The number of aromatic nitrogens is 1. The predicted molar refractivity (Wildman–Crippen MR) is 162 cm³/mol. The van der Waals surface area contributed by atoms with Crippen LogP contribution in [0.25, 0.3) is 11.1 Å². The van der Waals surface area contributed by atoms with Gasteiger partial charge < -0.3 is 26.2 Å². The molecule has 5 N–H and O–H groups in total. The molecule has 0 spiro atoms. The van der Waals surface area contributed by atoms with Gasteiger partial charge in [-0.2, -0.15) is 0 Å². The maximum atomic E-state index is 13.3. The normalized spacial score (nSPS) is 20.9. The summed E-state index contributed by atoms with van der Waals surface area (Å²) in [5.41, 5.74) is 13.3. The lowest BCUT2D eigenvalue weighted by Gasteiger charge is -2.22. The summed E-state index contributed by atoms with van der Waals surface area (Å²) in [6.07, 6.45) is 5.62. The van der Waals surface area contributed by atoms with Crippen molar-refractivity contribution in [3.05, 3.63) is 82.5 Å². The zero-order chi connectivity index (χ0) is 28.8. The van der Waals surface area contributed by atoms with Crippen LogP contribution in [-0.4, -0.2) is 65.3 Å². The first-order valence-corrected chi connectivity index (χ1v) is 14.8. The van der Waals surface area contributed by atoms with E-state index in [1.165, 1.54) is 16.7 Å². The number of aliphatic hydroxyl groups excluding tert-OH is 1. The van der Waals surface area contributed by atoms with Gasteiger partial charge in [0.25, 0.3) is 5.91 Å². The quantitative estimate of drug-likeness (QED) is 0.282. The van der Waals surface area contributed by atoms with Gasteiger partial charge in [0.05, 0.1) is 30.9 Å². The number of aliphatic hydroxyl groups is 1. The Hall–Kier alpha value is -3.30. The number of anilines is 1. The van der Waals surface area contributed by atoms with E-state index in [0.717, 1.165) is 62.0 Å². The van der Waals surface area contributed by atoms with Crippen molar-refractivity contribution in [2.24, 2.45) is 0 Å². The molecule has 0 radical (unpaired) electrons. The van der Waals surface area contributed by atoms with E-state index in [9.17, 15) is 4.79 Å². The van der Waals surface area contributed by atoms with Crippen molar-refractivity contribution in [3.8, 4) is 11.1 Å². The first kappa shape index (κ1) is 29.2. The van der Waals surface area contributed by atoms with Crippen LogP contribution in [0, 0.1) is 13.8 Å². The molecule has 3 aromatic rings. The van der Waals surface area contributed by atoms with Crippen molar-refractivity contribution < 1.29 is 14.6 Å². The van der Waals surface area contributed by atoms with Crippen LogP contribution >= 0.6 is 0 Å². The van der Waals surface area contributed by atoms with Crippen molar-refractivity contribution in [2.45, 2.75) is 70.9 Å². The number of rotatable bonds is 11. The van der Waals surface area contributed by atoms with Gasteiger partial charge in [-0.1, -0.05) is 42.5 Å². The number of likely N-dealkylation sites (tertiary alicyclic amines) is 1. The summed E-state index contributed by atoms with van der Waals surface area (Å²) in [6, 6.07) is 17.1. The fourth-order valence-electron chi connectivity index (χ4n) is 5.92. The number of nitrogens with one attached hydrogen (secondary N) is 2. The lowest BCUT2D eigenvalue weighted by atomic mass is 10.0. The van der Waals surface area contributed by atoms with E-state index in [2.05, 4.69) is 76.8 Å². The highest BCUT2D eigenvalue weighted by Gasteiger charge is 2.30. The smallest absolute Gasteiger partial charge is 0.255 e. The zero-order valence-corrected chi connectivity index (χ0v) is 24.2. The fraction of sp³-hybridized carbons (Fsp3) is 0.455. The maximum Gasteiger partial charge on any atom is 0.255 e. The van der Waals surface area contributed by atoms with Crippen molar-refractivity contribution in [3.63, 3.8) is 0 Å². The number of hydrogen-bond acceptors (Lipinski definition) is 7. The Morgan fingerprint density at radius 3 is 2.63 bits per heavy atom. The maximum absolute atomic E-state index is 13.3. The molecule has 1 aromatic heterocycles. The van der Waals surface area contributed by atoms with Crippen molar-refractivity contribution in [1.29, 1.82) is 0 Å². The van der Waals surface area contributed by atoms with Gasteiger partial charge in [0.1, 0.15) is 5.82 Å². The summed E-state index contributed by atoms with van der Waals surface area (Å²) in [7, 11) is 0. The minimum Gasteiger partial charge on any atom is -0.395 e. The summed E-state index contributed by atoms with van der Waals surface area (Å²) in [5.74, 6) is 0.0189. The molecule has 1 aliphatic heterocycles. The molecule has 218 valence electrons. The molecule has 1 saturated heterocycles. The van der Waals surface area contributed by atoms with Crippen LogP contribution < -0.4 is 16.4 Å². The van der Waals surface area contributed by atoms with Gasteiger partial charge in [-0.15, -0.1) is 0 Å². The average Bonchev–Trinajstić information content (AvgIpc) is 3.62. The molecule has 8 heteroatoms. The molecule has 3 atom stereocenters. The highest BCUT2D eigenvalue weighted by atomic mass is 16.5. The Kier molecular flexibility index (Phi) is 9.67. The molecule has 2 aliphatic rings. The second-order valence-electron chi connectivity index (χ2n) is 11.5. The van der Waals surface area contributed by atoms with Gasteiger partial charge in [-0.05, 0) is 73.4 Å². The lowest BCUT2D eigenvalue weighted by molar-refractivity contribution is 0.0272. The van der Waals surface area contributed by atoms with Crippen LogP contribution in [0.1, 0.15) is 58.3 Å². The number of amides is 1. The summed E-state index contributed by atoms with van der Waals surface area (Å²) in [6.45, 7) is 8.49. The highest BCUT2D eigenvalue weighted by molar-refractivity contribution is 5.99. The van der Waals surface area contributed by atoms with Gasteiger partial charge in [0.2, 0.25) is 0 Å². The summed E-state index contributed by atoms with van der Waals surface area (Å²) in [4.78, 5) is 20.1. The monoisotopic (exact) mass is 557 g/mol. The van der Waals surface area contributed by atoms with Gasteiger partial charge in [0.15, 0.2) is 0 Å². The molecule has 5 rings (SSSR count). The average molecular weight is 558 g/mol. The largest absolute Gasteiger partial charge is 0.395 e. The van der Waals surface area contributed by atoms with E-state index in [1.54, 1.807) is 6.20 Å². The van der Waals surface area contributed by atoms with E-state index in [1.807, 2.05) is 6.07 Å². The summed E-state index contributed by atoms with van der Waals surface area (Å²) in [5, 5.41) is 15.6. The number of benzene rings is 2. The molecule has 1 saturated carbocycles. The number of carbonyl (C=O) groups excluding carboxylic acids is 1. The molecular formula is C33H43N5O3. The van der Waals surface area contributed by atoms with Crippen molar-refractivity contribution in [2.75, 3.05) is 32.0 Å². The van der Waals surface area contributed by atoms with Gasteiger partial charge >= 0.3 is 0 Å². The van der Waals surface area contributed by atoms with Crippen LogP contribution in [-0.2, 0) is 17.9 Å². The van der Waals surface area contributed by atoms with Gasteiger partial charge in [-0.3, -0.25) is 9.69 Å². The lowest BCUT2D eigenvalue weighted by Crippen LogP contribution is -2.41. The molecule has 2 heterocycles. The number of ether oxygens (including phenoxy) is 1. The molecule has 1 amide bonds. The third-order valence-electron chi connectivity index (χ3n) is 8.48. The first-order chi connectivity index (χ1) is 19.9. The number of carbonyl (C=O) groups is 1. The third-order valence-corrected chi connectivity index (χ3v) is 8.48. The second-order valence-corrected chi connectivity index (χ2v) is 11.5. The Morgan fingerprint density at radius 2 is 1.85 bits per heavy atom. The standard InChI is InChI=1S/C33H43N5O3/c1-22-6-7-25(16-23(22)2)21-41-31-5-3-4-30(31)37-33(40)29-17-27(18-36-32(29)34)26-10-8-24(9-11-26)19-38-14-12-28(20-38)35-13-15-39/h6-11,16-18,28,30-31,35,39H,3-5,12-15,19-21H2,1-2H3,(H2,34,36)(H,37,40)/t28?,30-,31-/m0/s1. The van der Waals surface area contributed by atoms with E-state index in [0.29, 0.717) is 24.8 Å². The van der Waals surface area contributed by atoms with Crippen LogP contribution in [0.2, 0.25) is 0 Å². The number of nitrogens with two attached hydrogens (primary N) is 1. The number of aryl methyl sites for hydroxylation is 2. The van der Waals surface area contributed by atoms with E-state index in [-0.39, 0.29) is 30.5 Å². The Balaban J connectivity index is 1.18. The van der Waals surface area contributed by atoms with Gasteiger partial charge in [0, 0.05) is 44.0 Å². The SMILES string of the molecule is Cc1ccc(CO[C@H]2CCC[C@@H]2NC(=O)c2cc(-c3ccc(CN4CCC(NCCO)C4)cc3)cnc2N)cc1C. The van der Waals surface area contributed by atoms with Crippen LogP contribution in [0.3, 0.4) is 0 Å². The van der Waals surface area contributed by atoms with E-state index in [4.69, 9.17) is 15.6 Å². The van der Waals surface area contributed by atoms with E-state index < -0.39 is 0 Å². The molecule has 2 aromatic carbocycles. The molecule has 2 fully saturated rings. The molecular weight excluding hydrogens is 514 g/mol. The van der Waals surface area contributed by atoms with Gasteiger partial charge in [-0.25, -0.2) is 4.98 Å². The fourth-order valence-corrected chi connectivity index (χ4v) is 5.92. The van der Waals surface area contributed by atoms with Crippen molar-refractivity contribution in [1.82, 2.24) is 20.5 Å². The van der Waals surface area contributed by atoms with Crippen molar-refractivity contribution >= 4 is 11.7 Å². The van der Waals surface area contributed by atoms with Crippen LogP contribution in [0.4, 0.5) is 5.82 Å². The number of pyridine rings is 1. The predicted octanol–water partition coefficient (Wildman–Crippen LogP) is 3.97. The first-order valence-electron chi connectivity index (χ1n) is 14.8. The van der Waals surface area contributed by atoms with E-state index >= 15 is 0 Å². The Morgan fingerprint density at radius 1 is 1.05 bits per heavy atom. The Labute approximate surface area is 243 Å². The Bertz CT molecular complexity index is 1330. The third kappa shape index (κ3) is 7.51. The zero-order valence-electron chi connectivity index (χ0n) is 24.2. The van der Waals surface area contributed by atoms with Crippen LogP contribution in [0.15, 0.2) is 54.7 Å². The topological polar surface area (TPSA) is 113 Å². The van der Waals surface area contributed by atoms with Crippen LogP contribution in [0.5, 0.6) is 0 Å². The number of nitrogens with zero attached hydrogens (tertiary/aromatic N) is 2. The second kappa shape index (κ2) is 13.6. The number of nitrogen functional groups attached to an aromatic ring is 1. The minimum absolute atomic E-state index is 0.0261. The molecule has 8 nitrogen and oxygen atoms in total. The molecule has 41 heavy (non-hydrogen) atoms. The molecule has 0 bridgehead atoms. The molecule has 1 aliphatic carbocycles. The summed E-state index contributed by atoms with van der Waals surface area (Å²) < 4.78 is 6.26. The summed E-state index contributed by atoms with van der Waals surface area (Å²) >= 11 is 0. The number of hydrogen-bond donors (Lipinski definition) is 4.